The minimum atomic E-state index is -0.192. The van der Waals surface area contributed by atoms with Gasteiger partial charge in [0.05, 0.1) is 6.61 Å². The molecule has 0 radical (unpaired) electrons. The number of benzene rings is 1. The third-order valence-electron chi connectivity index (χ3n) is 5.35. The highest BCUT2D eigenvalue weighted by Gasteiger charge is 2.16. The molecule has 1 nitrogen and oxygen atoms in total. The molecule has 0 saturated heterocycles. The number of rotatable bonds is 6. The molecule has 0 amide bonds. The third-order valence-corrected chi connectivity index (χ3v) is 5.35. The van der Waals surface area contributed by atoms with Gasteiger partial charge in [0.1, 0.15) is 0 Å². The van der Waals surface area contributed by atoms with Gasteiger partial charge in [-0.05, 0) is 55.2 Å². The Morgan fingerprint density at radius 3 is 2.59 bits per heavy atom. The van der Waals surface area contributed by atoms with Crippen molar-refractivity contribution in [2.45, 2.75) is 58.3 Å². The maximum atomic E-state index is 14.4. The molecule has 0 atom stereocenters. The van der Waals surface area contributed by atoms with Crippen molar-refractivity contribution in [3.63, 3.8) is 0 Å². The van der Waals surface area contributed by atoms with Crippen LogP contribution in [0.2, 0.25) is 0 Å². The molecule has 2 saturated carbocycles. The summed E-state index contributed by atoms with van der Waals surface area (Å²) in [6, 6.07) is 3.77. The van der Waals surface area contributed by atoms with Gasteiger partial charge in [0.2, 0.25) is 0 Å². The molecule has 0 heterocycles. The first-order valence-electron chi connectivity index (χ1n) is 8.84. The molecular formula is C20H27FO. The van der Waals surface area contributed by atoms with Crippen LogP contribution in [0.3, 0.4) is 0 Å². The van der Waals surface area contributed by atoms with Crippen molar-refractivity contribution >= 4 is 6.08 Å². The van der Waals surface area contributed by atoms with E-state index in [0.717, 1.165) is 17.9 Å². The van der Waals surface area contributed by atoms with Crippen molar-refractivity contribution in [2.24, 2.45) is 11.8 Å². The second kappa shape index (κ2) is 7.30. The fourth-order valence-electron chi connectivity index (χ4n) is 3.47. The van der Waals surface area contributed by atoms with E-state index in [1.165, 1.54) is 44.9 Å². The van der Waals surface area contributed by atoms with E-state index in [-0.39, 0.29) is 5.82 Å². The largest absolute Gasteiger partial charge is 0.490 e. The van der Waals surface area contributed by atoms with E-state index in [1.54, 1.807) is 6.07 Å². The van der Waals surface area contributed by atoms with Crippen molar-refractivity contribution < 1.29 is 9.13 Å². The van der Waals surface area contributed by atoms with Crippen LogP contribution in [0.5, 0.6) is 5.75 Å². The lowest BCUT2D eigenvalue weighted by molar-refractivity contribution is 0.267. The molecule has 0 spiro atoms. The van der Waals surface area contributed by atoms with Crippen LogP contribution < -0.4 is 4.74 Å². The van der Waals surface area contributed by atoms with E-state index in [0.29, 0.717) is 23.8 Å². The lowest BCUT2D eigenvalue weighted by Crippen LogP contribution is -2.07. The van der Waals surface area contributed by atoms with Gasteiger partial charge in [-0.25, -0.2) is 4.39 Å². The Kier molecular flexibility index (Phi) is 5.17. The number of ether oxygens (including phenoxy) is 1. The Morgan fingerprint density at radius 2 is 1.91 bits per heavy atom. The average molecular weight is 302 g/mol. The van der Waals surface area contributed by atoms with Gasteiger partial charge in [0.25, 0.3) is 0 Å². The minimum Gasteiger partial charge on any atom is -0.490 e. The number of halogens is 1. The van der Waals surface area contributed by atoms with E-state index >= 15 is 0 Å². The smallest absolute Gasteiger partial charge is 0.168 e. The van der Waals surface area contributed by atoms with Crippen LogP contribution in [0.1, 0.15) is 62.5 Å². The summed E-state index contributed by atoms with van der Waals surface area (Å²) in [5, 5.41) is 0. The zero-order valence-electron chi connectivity index (χ0n) is 13.6. The van der Waals surface area contributed by atoms with Crippen molar-refractivity contribution in [2.75, 3.05) is 6.61 Å². The Hall–Kier alpha value is -1.31. The molecule has 0 aliphatic heterocycles. The maximum absolute atomic E-state index is 14.4. The van der Waals surface area contributed by atoms with Gasteiger partial charge in [0.15, 0.2) is 11.6 Å². The van der Waals surface area contributed by atoms with E-state index in [2.05, 4.69) is 12.2 Å². The summed E-state index contributed by atoms with van der Waals surface area (Å²) in [5.74, 6) is 1.71. The molecule has 3 rings (SSSR count). The highest BCUT2D eigenvalue weighted by molar-refractivity contribution is 5.56. The van der Waals surface area contributed by atoms with Gasteiger partial charge >= 0.3 is 0 Å². The van der Waals surface area contributed by atoms with E-state index < -0.39 is 0 Å². The van der Waals surface area contributed by atoms with Gasteiger partial charge in [-0.3, -0.25) is 0 Å². The summed E-state index contributed by atoms with van der Waals surface area (Å²) in [5.41, 5.74) is 1.68. The van der Waals surface area contributed by atoms with Gasteiger partial charge < -0.3 is 4.74 Å². The zero-order valence-corrected chi connectivity index (χ0v) is 13.6. The predicted octanol–water partition coefficient (Wildman–Crippen LogP) is 5.91. The Labute approximate surface area is 133 Å². The molecular weight excluding hydrogens is 275 g/mol. The molecule has 2 aliphatic rings. The Bertz CT molecular complexity index is 525. The highest BCUT2D eigenvalue weighted by atomic mass is 19.1. The van der Waals surface area contributed by atoms with Crippen LogP contribution in [0.15, 0.2) is 18.2 Å². The zero-order chi connectivity index (χ0) is 15.4. The number of hydrogen-bond acceptors (Lipinski definition) is 1. The first-order chi connectivity index (χ1) is 10.7. The SMILES string of the molecule is Cc1c(/C=C/C2CCC2)ccc(OCCC2CCCC2)c1F. The van der Waals surface area contributed by atoms with Gasteiger partial charge in [0, 0.05) is 0 Å². The van der Waals surface area contributed by atoms with Crippen LogP contribution >= 0.6 is 0 Å². The molecule has 0 unspecified atom stereocenters. The van der Waals surface area contributed by atoms with Gasteiger partial charge in [-0.15, -0.1) is 0 Å². The minimum absolute atomic E-state index is 0.192. The summed E-state index contributed by atoms with van der Waals surface area (Å²) in [6.45, 7) is 2.48. The van der Waals surface area contributed by atoms with Gasteiger partial charge in [-0.2, -0.15) is 0 Å². The maximum Gasteiger partial charge on any atom is 0.168 e. The van der Waals surface area contributed by atoms with Crippen molar-refractivity contribution in [1.82, 2.24) is 0 Å². The van der Waals surface area contributed by atoms with Crippen LogP contribution in [0.25, 0.3) is 6.08 Å². The first kappa shape index (κ1) is 15.6. The summed E-state index contributed by atoms with van der Waals surface area (Å²) < 4.78 is 20.1. The van der Waals surface area contributed by atoms with Crippen molar-refractivity contribution in [3.8, 4) is 5.75 Å². The summed E-state index contributed by atoms with van der Waals surface area (Å²) in [4.78, 5) is 0. The van der Waals surface area contributed by atoms with Crippen LogP contribution in [-0.2, 0) is 0 Å². The van der Waals surface area contributed by atoms with Crippen molar-refractivity contribution in [1.29, 1.82) is 0 Å². The molecule has 22 heavy (non-hydrogen) atoms. The molecule has 2 aliphatic carbocycles. The standard InChI is InChI=1S/C20H27FO/c1-15-18(10-9-16-7-4-8-16)11-12-19(20(15)21)22-14-13-17-5-2-3-6-17/h9-12,16-17H,2-8,13-14H2,1H3/b10-9+. The Morgan fingerprint density at radius 1 is 1.14 bits per heavy atom. The average Bonchev–Trinajstić information content (AvgIpc) is 2.97. The fourth-order valence-corrected chi connectivity index (χ4v) is 3.47. The van der Waals surface area contributed by atoms with Crippen LogP contribution in [0, 0.1) is 24.6 Å². The van der Waals surface area contributed by atoms with Crippen LogP contribution in [-0.4, -0.2) is 6.61 Å². The molecule has 120 valence electrons. The first-order valence-corrected chi connectivity index (χ1v) is 8.84. The fraction of sp³-hybridized carbons (Fsp3) is 0.600. The van der Waals surface area contributed by atoms with Crippen LogP contribution in [0.4, 0.5) is 4.39 Å². The monoisotopic (exact) mass is 302 g/mol. The molecule has 2 heteroatoms. The summed E-state index contributed by atoms with van der Waals surface area (Å²) >= 11 is 0. The van der Waals surface area contributed by atoms with E-state index in [1.807, 2.05) is 13.0 Å². The number of allylic oxidation sites excluding steroid dienone is 1. The van der Waals surface area contributed by atoms with Gasteiger partial charge in [-0.1, -0.05) is 50.3 Å². The Balaban J connectivity index is 1.57. The topological polar surface area (TPSA) is 9.23 Å². The van der Waals surface area contributed by atoms with E-state index in [4.69, 9.17) is 4.74 Å². The lowest BCUT2D eigenvalue weighted by atomic mass is 9.85. The second-order valence-electron chi connectivity index (χ2n) is 6.93. The second-order valence-corrected chi connectivity index (χ2v) is 6.93. The third kappa shape index (κ3) is 3.71. The molecule has 0 bridgehead atoms. The molecule has 0 N–H and O–H groups in total. The highest BCUT2D eigenvalue weighted by Crippen LogP contribution is 2.31. The summed E-state index contributed by atoms with van der Waals surface area (Å²) in [7, 11) is 0. The predicted molar refractivity (Wildman–Crippen MR) is 89.6 cm³/mol. The number of hydrogen-bond donors (Lipinski definition) is 0. The normalized spacial score (nSPS) is 19.7. The summed E-state index contributed by atoms with van der Waals surface area (Å²) in [6.07, 6.45) is 14.6. The molecule has 0 aromatic heterocycles. The quantitative estimate of drug-likeness (QED) is 0.635. The molecule has 1 aromatic carbocycles. The molecule has 1 aromatic rings. The van der Waals surface area contributed by atoms with Crippen molar-refractivity contribution in [3.05, 3.63) is 35.2 Å². The molecule has 2 fully saturated rings. The van der Waals surface area contributed by atoms with E-state index in [9.17, 15) is 4.39 Å². The lowest BCUT2D eigenvalue weighted by Gasteiger charge is -2.21.